The van der Waals surface area contributed by atoms with Crippen molar-refractivity contribution in [3.8, 4) is 0 Å². The summed E-state index contributed by atoms with van der Waals surface area (Å²) in [5, 5.41) is 0. The molecule has 0 bridgehead atoms. The van der Waals surface area contributed by atoms with Crippen LogP contribution >= 0.6 is 11.3 Å². The minimum atomic E-state index is -1.11. The Morgan fingerprint density at radius 2 is 2.00 bits per heavy atom. The zero-order valence-electron chi connectivity index (χ0n) is 14.0. The van der Waals surface area contributed by atoms with Crippen LogP contribution in [0.3, 0.4) is 0 Å². The van der Waals surface area contributed by atoms with Crippen molar-refractivity contribution in [2.24, 2.45) is 5.92 Å². The molecule has 2 aromatic rings. The SMILES string of the molecule is C[C@@H]1CCc2sc(C(=O)O[C@@H](C)C(=O)c3ccc(F)c(F)c3)cc2C1. The number of rotatable bonds is 4. The van der Waals surface area contributed by atoms with Crippen LogP contribution in [0.25, 0.3) is 0 Å². The first-order valence-electron chi connectivity index (χ1n) is 8.17. The molecule has 0 unspecified atom stereocenters. The van der Waals surface area contributed by atoms with Gasteiger partial charge in [-0.25, -0.2) is 13.6 Å². The number of benzene rings is 1. The fourth-order valence-electron chi connectivity index (χ4n) is 2.96. The van der Waals surface area contributed by atoms with Gasteiger partial charge in [0.1, 0.15) is 4.88 Å². The molecule has 2 atom stereocenters. The quantitative estimate of drug-likeness (QED) is 0.589. The van der Waals surface area contributed by atoms with Crippen molar-refractivity contribution >= 4 is 23.1 Å². The highest BCUT2D eigenvalue weighted by molar-refractivity contribution is 7.14. The maximum atomic E-state index is 13.3. The Bertz CT molecular complexity index is 828. The summed E-state index contributed by atoms with van der Waals surface area (Å²) in [5.74, 6) is -2.67. The summed E-state index contributed by atoms with van der Waals surface area (Å²) >= 11 is 1.40. The second-order valence-electron chi connectivity index (χ2n) is 6.45. The summed E-state index contributed by atoms with van der Waals surface area (Å²) in [7, 11) is 0. The molecular formula is C19H18F2O3S. The third-order valence-electron chi connectivity index (χ3n) is 4.39. The van der Waals surface area contributed by atoms with E-state index in [1.807, 2.05) is 6.07 Å². The molecule has 6 heteroatoms. The van der Waals surface area contributed by atoms with Crippen molar-refractivity contribution in [3.05, 3.63) is 56.8 Å². The molecule has 0 radical (unpaired) electrons. The Labute approximate surface area is 148 Å². The molecule has 1 heterocycles. The summed E-state index contributed by atoms with van der Waals surface area (Å²) < 4.78 is 31.5. The molecule has 0 saturated heterocycles. The van der Waals surface area contributed by atoms with E-state index >= 15 is 0 Å². The lowest BCUT2D eigenvalue weighted by molar-refractivity contribution is 0.0323. The number of aryl methyl sites for hydroxylation is 1. The van der Waals surface area contributed by atoms with E-state index in [0.29, 0.717) is 10.8 Å². The van der Waals surface area contributed by atoms with E-state index < -0.39 is 29.5 Å². The molecule has 1 aliphatic rings. The van der Waals surface area contributed by atoms with Gasteiger partial charge in [-0.15, -0.1) is 11.3 Å². The first-order valence-corrected chi connectivity index (χ1v) is 8.98. The van der Waals surface area contributed by atoms with Gasteiger partial charge >= 0.3 is 5.97 Å². The second-order valence-corrected chi connectivity index (χ2v) is 7.58. The van der Waals surface area contributed by atoms with Crippen LogP contribution in [-0.2, 0) is 17.6 Å². The van der Waals surface area contributed by atoms with Gasteiger partial charge in [-0.3, -0.25) is 4.79 Å². The number of fused-ring (bicyclic) bond motifs is 1. The molecule has 0 amide bonds. The fourth-order valence-corrected chi connectivity index (χ4v) is 4.05. The maximum absolute atomic E-state index is 13.3. The number of ketones is 1. The first kappa shape index (κ1) is 17.7. The van der Waals surface area contributed by atoms with Gasteiger partial charge in [-0.05, 0) is 61.9 Å². The van der Waals surface area contributed by atoms with Crippen LogP contribution in [0, 0.1) is 17.6 Å². The normalized spacial score (nSPS) is 17.7. The van der Waals surface area contributed by atoms with Crippen molar-refractivity contribution < 1.29 is 23.1 Å². The Balaban J connectivity index is 1.70. The Morgan fingerprint density at radius 3 is 2.72 bits per heavy atom. The number of halogens is 2. The van der Waals surface area contributed by atoms with Crippen molar-refractivity contribution in [2.45, 2.75) is 39.2 Å². The summed E-state index contributed by atoms with van der Waals surface area (Å²) in [6, 6.07) is 4.71. The summed E-state index contributed by atoms with van der Waals surface area (Å²) in [5.41, 5.74) is 1.15. The van der Waals surface area contributed by atoms with E-state index in [4.69, 9.17) is 4.74 Å². The summed E-state index contributed by atoms with van der Waals surface area (Å²) in [4.78, 5) is 26.2. The van der Waals surface area contributed by atoms with Gasteiger partial charge in [0.25, 0.3) is 0 Å². The van der Waals surface area contributed by atoms with Crippen LogP contribution in [0.4, 0.5) is 8.78 Å². The number of hydrogen-bond donors (Lipinski definition) is 0. The zero-order valence-corrected chi connectivity index (χ0v) is 14.8. The van der Waals surface area contributed by atoms with Gasteiger partial charge in [0.05, 0.1) is 0 Å². The lowest BCUT2D eigenvalue weighted by atomic mass is 9.90. The molecule has 0 N–H and O–H groups in total. The molecule has 1 aromatic carbocycles. The molecule has 0 aliphatic heterocycles. The van der Waals surface area contributed by atoms with E-state index in [1.54, 1.807) is 0 Å². The molecule has 0 saturated carbocycles. The van der Waals surface area contributed by atoms with E-state index in [1.165, 1.54) is 34.8 Å². The van der Waals surface area contributed by atoms with Gasteiger partial charge in [0, 0.05) is 10.4 Å². The maximum Gasteiger partial charge on any atom is 0.349 e. The van der Waals surface area contributed by atoms with Crippen molar-refractivity contribution in [2.75, 3.05) is 0 Å². The van der Waals surface area contributed by atoms with Crippen LogP contribution in [0.1, 0.15) is 50.7 Å². The molecule has 25 heavy (non-hydrogen) atoms. The summed E-state index contributed by atoms with van der Waals surface area (Å²) in [6.07, 6.45) is 1.93. The van der Waals surface area contributed by atoms with Crippen LogP contribution in [0.2, 0.25) is 0 Å². The van der Waals surface area contributed by atoms with E-state index in [9.17, 15) is 18.4 Å². The molecular weight excluding hydrogens is 346 g/mol. The second kappa shape index (κ2) is 7.04. The molecule has 1 aromatic heterocycles. The number of thiophene rings is 1. The van der Waals surface area contributed by atoms with Crippen molar-refractivity contribution in [1.82, 2.24) is 0 Å². The van der Waals surface area contributed by atoms with Crippen LogP contribution in [0.5, 0.6) is 0 Å². The smallest absolute Gasteiger partial charge is 0.349 e. The third-order valence-corrected chi connectivity index (χ3v) is 5.60. The predicted molar refractivity (Wildman–Crippen MR) is 91.1 cm³/mol. The molecule has 3 nitrogen and oxygen atoms in total. The van der Waals surface area contributed by atoms with Gasteiger partial charge in [0.15, 0.2) is 17.7 Å². The predicted octanol–water partition coefficient (Wildman–Crippen LogP) is 4.58. The Morgan fingerprint density at radius 1 is 1.24 bits per heavy atom. The van der Waals surface area contributed by atoms with Gasteiger partial charge in [-0.1, -0.05) is 6.92 Å². The standard InChI is InChI=1S/C19H18F2O3S/c1-10-3-6-16-13(7-10)9-17(25-16)19(23)24-11(2)18(22)12-4-5-14(20)15(21)8-12/h4-5,8-11H,3,6-7H2,1-2H3/t10-,11+/m1/s1. The van der Waals surface area contributed by atoms with Gasteiger partial charge in [-0.2, -0.15) is 0 Å². The first-order chi connectivity index (χ1) is 11.8. The van der Waals surface area contributed by atoms with Crippen molar-refractivity contribution in [3.63, 3.8) is 0 Å². The van der Waals surface area contributed by atoms with Crippen LogP contribution in [0.15, 0.2) is 24.3 Å². The lowest BCUT2D eigenvalue weighted by Gasteiger charge is -2.16. The number of Topliss-reactive ketones (excluding diaryl/α,β-unsaturated/α-hetero) is 1. The average molecular weight is 364 g/mol. The summed E-state index contributed by atoms with van der Waals surface area (Å²) in [6.45, 7) is 3.61. The van der Waals surface area contributed by atoms with Crippen LogP contribution in [-0.4, -0.2) is 17.9 Å². The average Bonchev–Trinajstić information content (AvgIpc) is 2.99. The number of esters is 1. The van der Waals surface area contributed by atoms with Crippen LogP contribution < -0.4 is 0 Å². The molecule has 0 spiro atoms. The number of carbonyl (C=O) groups is 2. The van der Waals surface area contributed by atoms with E-state index in [2.05, 4.69) is 6.92 Å². The van der Waals surface area contributed by atoms with E-state index in [-0.39, 0.29) is 5.56 Å². The van der Waals surface area contributed by atoms with E-state index in [0.717, 1.165) is 31.4 Å². The highest BCUT2D eigenvalue weighted by Gasteiger charge is 2.25. The van der Waals surface area contributed by atoms with Crippen molar-refractivity contribution in [1.29, 1.82) is 0 Å². The molecule has 132 valence electrons. The zero-order chi connectivity index (χ0) is 18.1. The monoisotopic (exact) mass is 364 g/mol. The number of hydrogen-bond acceptors (Lipinski definition) is 4. The number of ether oxygens (including phenoxy) is 1. The fraction of sp³-hybridized carbons (Fsp3) is 0.368. The lowest BCUT2D eigenvalue weighted by Crippen LogP contribution is -2.24. The molecule has 3 rings (SSSR count). The minimum absolute atomic E-state index is 0.0292. The highest BCUT2D eigenvalue weighted by atomic mass is 32.1. The molecule has 1 aliphatic carbocycles. The van der Waals surface area contributed by atoms with Gasteiger partial charge < -0.3 is 4.74 Å². The highest BCUT2D eigenvalue weighted by Crippen LogP contribution is 2.32. The largest absolute Gasteiger partial charge is 0.450 e. The van der Waals surface area contributed by atoms with Gasteiger partial charge in [0.2, 0.25) is 5.78 Å². The Hall–Kier alpha value is -2.08. The number of carbonyl (C=O) groups excluding carboxylic acids is 2. The Kier molecular flexibility index (Phi) is 4.99. The minimum Gasteiger partial charge on any atom is -0.450 e. The third kappa shape index (κ3) is 3.79. The topological polar surface area (TPSA) is 43.4 Å². The molecule has 0 fully saturated rings.